The van der Waals surface area contributed by atoms with Gasteiger partial charge in [0.1, 0.15) is 0 Å². The van der Waals surface area contributed by atoms with Gasteiger partial charge in [-0.3, -0.25) is 9.59 Å². The monoisotopic (exact) mass is 497 g/mol. The lowest BCUT2D eigenvalue weighted by Crippen LogP contribution is -2.24. The van der Waals surface area contributed by atoms with E-state index < -0.39 is 0 Å². The summed E-state index contributed by atoms with van der Waals surface area (Å²) in [6, 6.07) is 9.91. The van der Waals surface area contributed by atoms with Gasteiger partial charge in [0.2, 0.25) is 5.91 Å². The van der Waals surface area contributed by atoms with Crippen molar-refractivity contribution in [2.75, 3.05) is 11.1 Å². The van der Waals surface area contributed by atoms with Gasteiger partial charge in [0.25, 0.3) is 5.91 Å². The first kappa shape index (κ1) is 23.4. The molecular weight excluding hydrogens is 481 g/mol. The summed E-state index contributed by atoms with van der Waals surface area (Å²) in [4.78, 5) is 24.6. The number of rotatable bonds is 7. The molecule has 2 amide bonds. The highest BCUT2D eigenvalue weighted by Gasteiger charge is 2.14. The maximum Gasteiger partial charge on any atom is 0.251 e. The van der Waals surface area contributed by atoms with Gasteiger partial charge in [-0.05, 0) is 48.9 Å². The Morgan fingerprint density at radius 3 is 2.55 bits per heavy atom. The minimum Gasteiger partial charge on any atom is -0.345 e. The van der Waals surface area contributed by atoms with Crippen LogP contribution >= 0.6 is 46.6 Å². The van der Waals surface area contributed by atoms with Gasteiger partial charge in [0.15, 0.2) is 11.0 Å². The molecule has 0 fully saturated rings. The number of nitrogens with zero attached hydrogens (tertiary/aromatic N) is 3. The molecule has 0 aliphatic rings. The van der Waals surface area contributed by atoms with Crippen LogP contribution in [0.1, 0.15) is 21.7 Å². The summed E-state index contributed by atoms with van der Waals surface area (Å²) in [5.74, 6) is 0.218. The molecule has 0 aliphatic carbocycles. The van der Waals surface area contributed by atoms with Crippen LogP contribution < -0.4 is 10.6 Å². The van der Waals surface area contributed by atoms with Crippen LogP contribution in [0.4, 0.5) is 5.69 Å². The molecular formula is C20H18Cl3N5O2S. The molecule has 0 aliphatic heterocycles. The molecule has 0 saturated carbocycles. The molecule has 0 unspecified atom stereocenters. The summed E-state index contributed by atoms with van der Waals surface area (Å²) >= 11 is 19.0. The van der Waals surface area contributed by atoms with Gasteiger partial charge in [-0.2, -0.15) is 0 Å². The third-order valence-corrected chi connectivity index (χ3v) is 6.30. The molecule has 162 valence electrons. The first-order valence-corrected chi connectivity index (χ1v) is 11.2. The molecule has 0 atom stereocenters. The quantitative estimate of drug-likeness (QED) is 0.459. The lowest BCUT2D eigenvalue weighted by Gasteiger charge is -2.09. The molecule has 0 radical (unpaired) electrons. The molecule has 1 heterocycles. The number of nitrogens with one attached hydrogen (secondary N) is 2. The maximum absolute atomic E-state index is 12.3. The molecule has 3 rings (SSSR count). The number of aromatic nitrogens is 3. The average Bonchev–Trinajstić information content (AvgIpc) is 3.08. The summed E-state index contributed by atoms with van der Waals surface area (Å²) in [5.41, 5.74) is 1.98. The molecule has 0 spiro atoms. The number of hydrogen-bond acceptors (Lipinski definition) is 5. The van der Waals surface area contributed by atoms with E-state index in [1.54, 1.807) is 41.9 Å². The summed E-state index contributed by atoms with van der Waals surface area (Å²) < 4.78 is 1.72. The first-order chi connectivity index (χ1) is 14.7. The van der Waals surface area contributed by atoms with Gasteiger partial charge < -0.3 is 15.2 Å². The minimum atomic E-state index is -0.312. The Balaban J connectivity index is 1.54. The normalized spacial score (nSPS) is 10.7. The third kappa shape index (κ3) is 6.13. The fourth-order valence-electron chi connectivity index (χ4n) is 2.61. The van der Waals surface area contributed by atoms with Crippen molar-refractivity contribution in [1.82, 2.24) is 20.1 Å². The highest BCUT2D eigenvalue weighted by atomic mass is 35.5. The zero-order valence-corrected chi connectivity index (χ0v) is 19.7. The van der Waals surface area contributed by atoms with Crippen molar-refractivity contribution in [2.45, 2.75) is 18.6 Å². The van der Waals surface area contributed by atoms with Crippen molar-refractivity contribution in [3.63, 3.8) is 0 Å². The summed E-state index contributed by atoms with van der Waals surface area (Å²) in [6.07, 6.45) is 0. The standard InChI is InChI=1S/C20H18Cl3N5O2S/c1-11-7-13(21)4-6-16(11)25-18(29)10-31-20-27-26-17(28(20)2)9-24-19(30)12-3-5-14(22)15(23)8-12/h3-8H,9-10H2,1-2H3,(H,24,30)(H,25,29). The summed E-state index contributed by atoms with van der Waals surface area (Å²) in [5, 5.41) is 15.6. The van der Waals surface area contributed by atoms with Gasteiger partial charge in [-0.1, -0.05) is 46.6 Å². The van der Waals surface area contributed by atoms with Gasteiger partial charge in [-0.25, -0.2) is 0 Å². The lowest BCUT2D eigenvalue weighted by atomic mass is 10.2. The number of hydrogen-bond donors (Lipinski definition) is 2. The minimum absolute atomic E-state index is 0.156. The predicted molar refractivity (Wildman–Crippen MR) is 124 cm³/mol. The van der Waals surface area contributed by atoms with Crippen molar-refractivity contribution < 1.29 is 9.59 Å². The van der Waals surface area contributed by atoms with E-state index in [1.165, 1.54) is 17.8 Å². The van der Waals surface area contributed by atoms with Crippen molar-refractivity contribution in [3.05, 3.63) is 68.4 Å². The first-order valence-electron chi connectivity index (χ1n) is 9.05. The molecule has 31 heavy (non-hydrogen) atoms. The van der Waals surface area contributed by atoms with E-state index in [0.29, 0.717) is 37.3 Å². The maximum atomic E-state index is 12.3. The number of benzene rings is 2. The van der Waals surface area contributed by atoms with Crippen LogP contribution in [0.25, 0.3) is 0 Å². The third-order valence-electron chi connectivity index (χ3n) is 4.31. The molecule has 3 aromatic rings. The van der Waals surface area contributed by atoms with Crippen LogP contribution in [0, 0.1) is 6.92 Å². The van der Waals surface area contributed by atoms with Crippen LogP contribution in [0.2, 0.25) is 15.1 Å². The van der Waals surface area contributed by atoms with E-state index in [-0.39, 0.29) is 24.1 Å². The SMILES string of the molecule is Cc1cc(Cl)ccc1NC(=O)CSc1nnc(CNC(=O)c2ccc(Cl)c(Cl)c2)n1C. The largest absolute Gasteiger partial charge is 0.345 e. The lowest BCUT2D eigenvalue weighted by molar-refractivity contribution is -0.113. The number of anilines is 1. The van der Waals surface area contributed by atoms with E-state index in [1.807, 2.05) is 6.92 Å². The van der Waals surface area contributed by atoms with Crippen molar-refractivity contribution in [1.29, 1.82) is 0 Å². The average molecular weight is 499 g/mol. The van der Waals surface area contributed by atoms with E-state index in [4.69, 9.17) is 34.8 Å². The second-order valence-electron chi connectivity index (χ2n) is 6.57. The van der Waals surface area contributed by atoms with Crippen LogP contribution in [0.15, 0.2) is 41.6 Å². The molecule has 7 nitrogen and oxygen atoms in total. The zero-order valence-electron chi connectivity index (χ0n) is 16.6. The van der Waals surface area contributed by atoms with E-state index in [0.717, 1.165) is 5.56 Å². The number of carbonyl (C=O) groups excluding carboxylic acids is 2. The Bertz CT molecular complexity index is 1140. The number of thioether (sulfide) groups is 1. The fraction of sp³-hybridized carbons (Fsp3) is 0.200. The van der Waals surface area contributed by atoms with Crippen molar-refractivity contribution in [3.8, 4) is 0 Å². The topological polar surface area (TPSA) is 88.9 Å². The van der Waals surface area contributed by atoms with Crippen LogP contribution in [0.3, 0.4) is 0 Å². The van der Waals surface area contributed by atoms with Crippen LogP contribution in [-0.2, 0) is 18.4 Å². The molecule has 2 N–H and O–H groups in total. The Hall–Kier alpha value is -2.26. The second-order valence-corrected chi connectivity index (χ2v) is 8.76. The summed E-state index contributed by atoms with van der Waals surface area (Å²) in [6.45, 7) is 2.04. The Kier molecular flexibility index (Phi) is 7.83. The smallest absolute Gasteiger partial charge is 0.251 e. The Morgan fingerprint density at radius 2 is 1.84 bits per heavy atom. The number of carbonyl (C=O) groups is 2. The molecule has 2 aromatic carbocycles. The Labute approximate surface area is 198 Å². The number of aryl methyl sites for hydroxylation is 1. The highest BCUT2D eigenvalue weighted by molar-refractivity contribution is 7.99. The molecule has 0 saturated heterocycles. The van der Waals surface area contributed by atoms with Gasteiger partial charge in [0.05, 0.1) is 22.3 Å². The zero-order chi connectivity index (χ0) is 22.5. The van der Waals surface area contributed by atoms with Crippen molar-refractivity contribution in [2.24, 2.45) is 7.05 Å². The van der Waals surface area contributed by atoms with Gasteiger partial charge in [-0.15, -0.1) is 10.2 Å². The number of halogens is 3. The van der Waals surface area contributed by atoms with E-state index in [9.17, 15) is 9.59 Å². The van der Waals surface area contributed by atoms with Crippen LogP contribution in [-0.4, -0.2) is 32.3 Å². The highest BCUT2D eigenvalue weighted by Crippen LogP contribution is 2.23. The van der Waals surface area contributed by atoms with E-state index in [2.05, 4.69) is 20.8 Å². The predicted octanol–water partition coefficient (Wildman–Crippen LogP) is 4.74. The second kappa shape index (κ2) is 10.4. The molecule has 0 bridgehead atoms. The van der Waals surface area contributed by atoms with E-state index >= 15 is 0 Å². The van der Waals surface area contributed by atoms with Gasteiger partial charge in [0, 0.05) is 23.3 Å². The summed E-state index contributed by atoms with van der Waals surface area (Å²) in [7, 11) is 1.77. The van der Waals surface area contributed by atoms with Gasteiger partial charge >= 0.3 is 0 Å². The number of amides is 2. The van der Waals surface area contributed by atoms with Crippen molar-refractivity contribution >= 4 is 64.1 Å². The molecule has 11 heteroatoms. The molecule has 1 aromatic heterocycles. The fourth-order valence-corrected chi connectivity index (χ4v) is 3.86. The Morgan fingerprint density at radius 1 is 1.06 bits per heavy atom. The van der Waals surface area contributed by atoms with Crippen LogP contribution in [0.5, 0.6) is 0 Å².